The lowest BCUT2D eigenvalue weighted by molar-refractivity contribution is -0.136. The number of nitrogens with one attached hydrogen (secondary N) is 2. The van der Waals surface area contributed by atoms with Gasteiger partial charge < -0.3 is 20.3 Å². The first-order valence-electron chi connectivity index (χ1n) is 10.9. The van der Waals surface area contributed by atoms with Crippen LogP contribution in [0.25, 0.3) is 0 Å². The van der Waals surface area contributed by atoms with Gasteiger partial charge in [0, 0.05) is 31.0 Å². The van der Waals surface area contributed by atoms with Crippen LogP contribution >= 0.6 is 0 Å². The van der Waals surface area contributed by atoms with Crippen molar-refractivity contribution in [1.29, 1.82) is 0 Å². The first-order valence-corrected chi connectivity index (χ1v) is 10.9. The van der Waals surface area contributed by atoms with E-state index in [1.807, 2.05) is 41.5 Å². The molecule has 1 saturated carbocycles. The Bertz CT molecular complexity index is 706. The van der Waals surface area contributed by atoms with E-state index >= 15 is 0 Å². The maximum atomic E-state index is 13.6. The number of ether oxygens (including phenoxy) is 1. The molecule has 3 unspecified atom stereocenters. The molecule has 7 heteroatoms. The number of allylic oxidation sites excluding steroid dienone is 1. The Balaban J connectivity index is 2.47. The predicted octanol–water partition coefficient (Wildman–Crippen LogP) is 3.53. The Morgan fingerprint density at radius 2 is 1.83 bits per heavy atom. The number of nitrogens with zero attached hydrogens (tertiary/aromatic N) is 1. The highest BCUT2D eigenvalue weighted by Crippen LogP contribution is 2.52. The first-order chi connectivity index (χ1) is 13.6. The summed E-state index contributed by atoms with van der Waals surface area (Å²) < 4.78 is 5.67. The molecule has 1 heterocycles. The van der Waals surface area contributed by atoms with Crippen LogP contribution in [0.2, 0.25) is 0 Å². The molecule has 0 aromatic rings. The minimum Gasteiger partial charge on any atom is -0.444 e. The van der Waals surface area contributed by atoms with Crippen molar-refractivity contribution in [3.05, 3.63) is 12.7 Å². The zero-order chi connectivity index (χ0) is 23.0. The molecule has 2 fully saturated rings. The third-order valence-electron chi connectivity index (χ3n) is 5.89. The van der Waals surface area contributed by atoms with Crippen LogP contribution in [-0.4, -0.2) is 51.6 Å². The Labute approximate surface area is 181 Å². The molecule has 0 aromatic carbocycles. The zero-order valence-corrected chi connectivity index (χ0v) is 19.7. The predicted molar refractivity (Wildman–Crippen MR) is 117 cm³/mol. The molecule has 2 aliphatic rings. The third kappa shape index (κ3) is 5.16. The average Bonchev–Trinajstić information content (AvgIpc) is 3.06. The summed E-state index contributed by atoms with van der Waals surface area (Å²) in [6.07, 6.45) is 4.63. The molecule has 1 aliphatic heterocycles. The van der Waals surface area contributed by atoms with Crippen molar-refractivity contribution in [3.8, 4) is 0 Å². The number of hydrogen-bond acceptors (Lipinski definition) is 4. The highest BCUT2D eigenvalue weighted by Gasteiger charge is 2.63. The average molecular weight is 422 g/mol. The van der Waals surface area contributed by atoms with Crippen molar-refractivity contribution in [2.75, 3.05) is 6.54 Å². The normalized spacial score (nSPS) is 29.0. The molecule has 2 rings (SSSR count). The molecule has 2 N–H and O–H groups in total. The van der Waals surface area contributed by atoms with E-state index in [9.17, 15) is 14.4 Å². The van der Waals surface area contributed by atoms with Crippen molar-refractivity contribution >= 4 is 17.9 Å². The molecule has 170 valence electrons. The molecule has 7 nitrogen and oxygen atoms in total. The van der Waals surface area contributed by atoms with Crippen molar-refractivity contribution in [1.82, 2.24) is 15.5 Å². The summed E-state index contributed by atoms with van der Waals surface area (Å²) in [6, 6.07) is 0. The number of amides is 3. The summed E-state index contributed by atoms with van der Waals surface area (Å²) in [7, 11) is 0. The van der Waals surface area contributed by atoms with Gasteiger partial charge in [0.05, 0.1) is 0 Å². The van der Waals surface area contributed by atoms with Gasteiger partial charge in [0.15, 0.2) is 0 Å². The maximum Gasteiger partial charge on any atom is 0.410 e. The van der Waals surface area contributed by atoms with Crippen LogP contribution in [-0.2, 0) is 14.3 Å². The highest BCUT2D eigenvalue weighted by molar-refractivity contribution is 5.92. The lowest BCUT2D eigenvalue weighted by atomic mass is 9.82. The van der Waals surface area contributed by atoms with Gasteiger partial charge in [-0.2, -0.15) is 0 Å². The summed E-state index contributed by atoms with van der Waals surface area (Å²) in [5, 5.41) is 6.06. The Kier molecular flexibility index (Phi) is 6.65. The summed E-state index contributed by atoms with van der Waals surface area (Å²) in [4.78, 5) is 40.6. The molecule has 0 radical (unpaired) electrons. The zero-order valence-electron chi connectivity index (χ0n) is 19.7. The molecule has 1 aliphatic carbocycles. The number of carbonyl (C=O) groups is 3. The van der Waals surface area contributed by atoms with E-state index in [1.54, 1.807) is 11.0 Å². The maximum absolute atomic E-state index is 13.6. The molecule has 0 aromatic heterocycles. The molecule has 3 amide bonds. The van der Waals surface area contributed by atoms with Crippen LogP contribution < -0.4 is 10.6 Å². The van der Waals surface area contributed by atoms with Crippen LogP contribution in [0.3, 0.4) is 0 Å². The SMILES string of the molecule is C=CCC1CC2(CCCN2C(=O)OC(C)(C)C)CC1(NC(C)=O)C(=O)NC(C)(C)C. The second-order valence-corrected chi connectivity index (χ2v) is 10.9. The van der Waals surface area contributed by atoms with E-state index in [1.165, 1.54) is 6.92 Å². The third-order valence-corrected chi connectivity index (χ3v) is 5.89. The van der Waals surface area contributed by atoms with Gasteiger partial charge in [0.2, 0.25) is 11.8 Å². The summed E-state index contributed by atoms with van der Waals surface area (Å²) in [5.74, 6) is -0.624. The minimum atomic E-state index is -1.10. The number of hydrogen-bond donors (Lipinski definition) is 2. The van der Waals surface area contributed by atoms with E-state index in [0.29, 0.717) is 25.8 Å². The van der Waals surface area contributed by atoms with Crippen molar-refractivity contribution in [2.45, 2.75) is 103 Å². The molecule has 0 bridgehead atoms. The van der Waals surface area contributed by atoms with Crippen LogP contribution in [0.15, 0.2) is 12.7 Å². The van der Waals surface area contributed by atoms with E-state index < -0.39 is 22.2 Å². The van der Waals surface area contributed by atoms with Gasteiger partial charge in [-0.3, -0.25) is 9.59 Å². The van der Waals surface area contributed by atoms with Crippen molar-refractivity contribution in [2.24, 2.45) is 5.92 Å². The Morgan fingerprint density at radius 3 is 2.33 bits per heavy atom. The van der Waals surface area contributed by atoms with E-state index in [2.05, 4.69) is 17.2 Å². The lowest BCUT2D eigenvalue weighted by Crippen LogP contribution is -2.64. The smallest absolute Gasteiger partial charge is 0.410 e. The number of likely N-dealkylation sites (tertiary alicyclic amines) is 1. The Hall–Kier alpha value is -2.05. The van der Waals surface area contributed by atoms with Crippen LogP contribution in [0.5, 0.6) is 0 Å². The minimum absolute atomic E-state index is 0.163. The van der Waals surface area contributed by atoms with Gasteiger partial charge >= 0.3 is 6.09 Å². The summed E-state index contributed by atoms with van der Waals surface area (Å²) in [5.41, 5.74) is -2.67. The van der Waals surface area contributed by atoms with Gasteiger partial charge in [-0.05, 0) is 73.1 Å². The monoisotopic (exact) mass is 421 g/mol. The fourth-order valence-corrected chi connectivity index (χ4v) is 5.03. The molecule has 3 atom stereocenters. The molecular weight excluding hydrogens is 382 g/mol. The fraction of sp³-hybridized carbons (Fsp3) is 0.783. The largest absolute Gasteiger partial charge is 0.444 e. The van der Waals surface area contributed by atoms with E-state index in [4.69, 9.17) is 4.74 Å². The molecule has 1 saturated heterocycles. The summed E-state index contributed by atoms with van der Waals surface area (Å²) in [6.45, 7) is 17.2. The van der Waals surface area contributed by atoms with Gasteiger partial charge in [-0.15, -0.1) is 6.58 Å². The van der Waals surface area contributed by atoms with Crippen LogP contribution in [0.4, 0.5) is 4.79 Å². The quantitative estimate of drug-likeness (QED) is 0.680. The Morgan fingerprint density at radius 1 is 1.20 bits per heavy atom. The van der Waals surface area contributed by atoms with Crippen LogP contribution in [0.1, 0.15) is 80.6 Å². The van der Waals surface area contributed by atoms with Crippen molar-refractivity contribution < 1.29 is 19.1 Å². The van der Waals surface area contributed by atoms with Crippen LogP contribution in [0, 0.1) is 5.92 Å². The first kappa shape index (κ1) is 24.2. The van der Waals surface area contributed by atoms with Gasteiger partial charge in [0.25, 0.3) is 0 Å². The molecule has 1 spiro atoms. The lowest BCUT2D eigenvalue weighted by Gasteiger charge is -2.39. The molecule has 30 heavy (non-hydrogen) atoms. The fourth-order valence-electron chi connectivity index (χ4n) is 5.03. The van der Waals surface area contributed by atoms with Gasteiger partial charge in [-0.25, -0.2) is 4.79 Å². The van der Waals surface area contributed by atoms with Gasteiger partial charge in [0.1, 0.15) is 11.1 Å². The molecular formula is C23H39N3O4. The number of rotatable bonds is 4. The topological polar surface area (TPSA) is 87.7 Å². The highest BCUT2D eigenvalue weighted by atomic mass is 16.6. The van der Waals surface area contributed by atoms with Gasteiger partial charge in [-0.1, -0.05) is 6.08 Å². The number of carbonyl (C=O) groups excluding carboxylic acids is 3. The van der Waals surface area contributed by atoms with E-state index in [0.717, 1.165) is 12.8 Å². The van der Waals surface area contributed by atoms with Crippen molar-refractivity contribution in [3.63, 3.8) is 0 Å². The van der Waals surface area contributed by atoms with E-state index in [-0.39, 0.29) is 23.8 Å². The second-order valence-electron chi connectivity index (χ2n) is 10.9. The standard InChI is InChI=1S/C23H39N3O4/c1-9-11-17-14-22(12-10-13-26(22)19(29)30-21(6,7)8)15-23(17,24-16(2)27)18(28)25-20(3,4)5/h9,17H,1,10-15H2,2-8H3,(H,24,27)(H,25,28). The second kappa shape index (κ2) is 8.23. The summed E-state index contributed by atoms with van der Waals surface area (Å²) >= 11 is 0.